The summed E-state index contributed by atoms with van der Waals surface area (Å²) in [6.45, 7) is 1.43. The van der Waals surface area contributed by atoms with Crippen molar-refractivity contribution in [3.63, 3.8) is 0 Å². The van der Waals surface area contributed by atoms with E-state index in [9.17, 15) is 9.59 Å². The van der Waals surface area contributed by atoms with Crippen LogP contribution in [0.1, 0.15) is 18.9 Å². The van der Waals surface area contributed by atoms with Gasteiger partial charge in [-0.05, 0) is 24.1 Å². The van der Waals surface area contributed by atoms with Gasteiger partial charge in [0.2, 0.25) is 5.91 Å². The number of carbonyl (C=O) groups is 2. The number of anilines is 1. The third-order valence-corrected chi connectivity index (χ3v) is 2.91. The van der Waals surface area contributed by atoms with E-state index in [1.54, 1.807) is 19.2 Å². The van der Waals surface area contributed by atoms with Crippen LogP contribution < -0.4 is 5.73 Å². The summed E-state index contributed by atoms with van der Waals surface area (Å²) in [5.41, 5.74) is 7.21. The second-order valence-electron chi connectivity index (χ2n) is 4.33. The van der Waals surface area contributed by atoms with Gasteiger partial charge in [-0.3, -0.25) is 9.59 Å². The summed E-state index contributed by atoms with van der Waals surface area (Å²) < 4.78 is 0. The standard InChI is InChI=1S/C13H18N2O3/c1-9(16)15(2)12(8-13(17)18)7-10-3-5-11(14)6-4-10/h3-6,12H,7-8,14H2,1-2H3,(H,17,18)/t12-/m1/s1. The molecule has 1 rings (SSSR count). The molecule has 5 heteroatoms. The summed E-state index contributed by atoms with van der Waals surface area (Å²) >= 11 is 0. The van der Waals surface area contributed by atoms with Crippen molar-refractivity contribution in [2.24, 2.45) is 0 Å². The molecule has 0 radical (unpaired) electrons. The number of amides is 1. The minimum absolute atomic E-state index is 0.0690. The Balaban J connectivity index is 2.80. The monoisotopic (exact) mass is 250 g/mol. The zero-order valence-corrected chi connectivity index (χ0v) is 10.6. The third kappa shape index (κ3) is 4.08. The molecule has 0 saturated heterocycles. The van der Waals surface area contributed by atoms with E-state index in [0.717, 1.165) is 5.56 Å². The molecular formula is C13H18N2O3. The number of carboxylic acid groups (broad SMARTS) is 1. The van der Waals surface area contributed by atoms with E-state index in [2.05, 4.69) is 0 Å². The highest BCUT2D eigenvalue weighted by Gasteiger charge is 2.20. The van der Waals surface area contributed by atoms with Crippen LogP contribution in [0.2, 0.25) is 0 Å². The van der Waals surface area contributed by atoms with Crippen LogP contribution in [-0.2, 0) is 16.0 Å². The Morgan fingerprint density at radius 1 is 1.33 bits per heavy atom. The van der Waals surface area contributed by atoms with Crippen molar-refractivity contribution >= 4 is 17.6 Å². The van der Waals surface area contributed by atoms with Gasteiger partial charge in [-0.15, -0.1) is 0 Å². The molecular weight excluding hydrogens is 232 g/mol. The van der Waals surface area contributed by atoms with Crippen molar-refractivity contribution in [3.05, 3.63) is 29.8 Å². The van der Waals surface area contributed by atoms with Crippen LogP contribution >= 0.6 is 0 Å². The molecule has 0 aliphatic heterocycles. The summed E-state index contributed by atoms with van der Waals surface area (Å²) in [6.07, 6.45) is 0.434. The van der Waals surface area contributed by atoms with Crippen molar-refractivity contribution < 1.29 is 14.7 Å². The normalized spacial score (nSPS) is 11.9. The van der Waals surface area contributed by atoms with Crippen LogP contribution in [-0.4, -0.2) is 35.0 Å². The number of hydrogen-bond acceptors (Lipinski definition) is 3. The SMILES string of the molecule is CC(=O)N(C)[C@@H](CC(=O)O)Cc1ccc(N)cc1. The van der Waals surface area contributed by atoms with Gasteiger partial charge in [-0.1, -0.05) is 12.1 Å². The molecule has 5 nitrogen and oxygen atoms in total. The number of nitrogens with zero attached hydrogens (tertiary/aromatic N) is 1. The summed E-state index contributed by atoms with van der Waals surface area (Å²) in [5, 5.41) is 8.88. The van der Waals surface area contributed by atoms with Gasteiger partial charge in [0, 0.05) is 25.7 Å². The van der Waals surface area contributed by atoms with E-state index >= 15 is 0 Å². The van der Waals surface area contributed by atoms with Gasteiger partial charge in [0.05, 0.1) is 6.42 Å². The molecule has 0 spiro atoms. The topological polar surface area (TPSA) is 83.6 Å². The van der Waals surface area contributed by atoms with Crippen molar-refractivity contribution in [1.82, 2.24) is 4.90 Å². The minimum atomic E-state index is -0.913. The van der Waals surface area contributed by atoms with Crippen LogP contribution in [0.15, 0.2) is 24.3 Å². The van der Waals surface area contributed by atoms with Gasteiger partial charge in [0.25, 0.3) is 0 Å². The number of aliphatic carboxylic acids is 1. The molecule has 0 aliphatic carbocycles. The van der Waals surface area contributed by atoms with Gasteiger partial charge in [0.1, 0.15) is 0 Å². The molecule has 1 aromatic rings. The summed E-state index contributed by atoms with van der Waals surface area (Å²) in [6, 6.07) is 6.88. The maximum absolute atomic E-state index is 11.3. The molecule has 0 heterocycles. The predicted molar refractivity (Wildman–Crippen MR) is 69.0 cm³/mol. The number of benzene rings is 1. The van der Waals surface area contributed by atoms with Crippen molar-refractivity contribution in [1.29, 1.82) is 0 Å². The van der Waals surface area contributed by atoms with Crippen LogP contribution in [0.4, 0.5) is 5.69 Å². The number of hydrogen-bond donors (Lipinski definition) is 2. The second-order valence-corrected chi connectivity index (χ2v) is 4.33. The number of nitrogen functional groups attached to an aromatic ring is 1. The summed E-state index contributed by atoms with van der Waals surface area (Å²) in [4.78, 5) is 23.6. The predicted octanol–water partition coefficient (Wildman–Crippen LogP) is 1.13. The molecule has 0 saturated carbocycles. The van der Waals surface area contributed by atoms with Crippen LogP contribution in [0.25, 0.3) is 0 Å². The van der Waals surface area contributed by atoms with Gasteiger partial charge >= 0.3 is 5.97 Å². The maximum Gasteiger partial charge on any atom is 0.305 e. The molecule has 0 aromatic heterocycles. The lowest BCUT2D eigenvalue weighted by Gasteiger charge is -2.26. The largest absolute Gasteiger partial charge is 0.481 e. The molecule has 1 aromatic carbocycles. The fraction of sp³-hybridized carbons (Fsp3) is 0.385. The summed E-state index contributed by atoms with van der Waals surface area (Å²) in [7, 11) is 1.62. The first-order valence-electron chi connectivity index (χ1n) is 5.69. The zero-order valence-electron chi connectivity index (χ0n) is 10.6. The van der Waals surface area contributed by atoms with E-state index in [1.165, 1.54) is 11.8 Å². The molecule has 3 N–H and O–H groups in total. The van der Waals surface area contributed by atoms with E-state index in [1.807, 2.05) is 12.1 Å². The lowest BCUT2D eigenvalue weighted by atomic mass is 10.0. The molecule has 1 atom stereocenters. The molecule has 0 unspecified atom stereocenters. The molecule has 0 bridgehead atoms. The Morgan fingerprint density at radius 2 is 1.89 bits per heavy atom. The first-order chi connectivity index (χ1) is 8.40. The van der Waals surface area contributed by atoms with E-state index in [-0.39, 0.29) is 18.4 Å². The molecule has 0 fully saturated rings. The van der Waals surface area contributed by atoms with Crippen molar-refractivity contribution in [3.8, 4) is 0 Å². The maximum atomic E-state index is 11.3. The van der Waals surface area contributed by atoms with E-state index < -0.39 is 5.97 Å². The van der Waals surface area contributed by atoms with E-state index in [4.69, 9.17) is 10.8 Å². The molecule has 18 heavy (non-hydrogen) atoms. The number of carboxylic acids is 1. The quantitative estimate of drug-likeness (QED) is 0.767. The van der Waals surface area contributed by atoms with Gasteiger partial charge in [0.15, 0.2) is 0 Å². The average molecular weight is 250 g/mol. The molecule has 0 aliphatic rings. The average Bonchev–Trinajstić information content (AvgIpc) is 2.29. The Hall–Kier alpha value is -2.04. The number of carbonyl (C=O) groups excluding carboxylic acids is 1. The Kier molecular flexibility index (Phi) is 4.71. The van der Waals surface area contributed by atoms with Crippen molar-refractivity contribution in [2.45, 2.75) is 25.8 Å². The highest BCUT2D eigenvalue weighted by molar-refractivity contribution is 5.75. The molecule has 98 valence electrons. The Morgan fingerprint density at radius 3 is 2.33 bits per heavy atom. The summed E-state index contributed by atoms with van der Waals surface area (Å²) in [5.74, 6) is -1.06. The van der Waals surface area contributed by atoms with Gasteiger partial charge in [-0.2, -0.15) is 0 Å². The van der Waals surface area contributed by atoms with E-state index in [0.29, 0.717) is 12.1 Å². The number of rotatable bonds is 5. The first-order valence-corrected chi connectivity index (χ1v) is 5.69. The minimum Gasteiger partial charge on any atom is -0.481 e. The third-order valence-electron chi connectivity index (χ3n) is 2.91. The zero-order chi connectivity index (χ0) is 13.7. The Bertz CT molecular complexity index is 428. The Labute approximate surface area is 106 Å². The highest BCUT2D eigenvalue weighted by Crippen LogP contribution is 2.13. The van der Waals surface area contributed by atoms with Crippen LogP contribution in [0.3, 0.4) is 0 Å². The fourth-order valence-electron chi connectivity index (χ4n) is 1.73. The lowest BCUT2D eigenvalue weighted by Crippen LogP contribution is -2.38. The lowest BCUT2D eigenvalue weighted by molar-refractivity contribution is -0.139. The van der Waals surface area contributed by atoms with Crippen molar-refractivity contribution in [2.75, 3.05) is 12.8 Å². The van der Waals surface area contributed by atoms with Crippen LogP contribution in [0, 0.1) is 0 Å². The van der Waals surface area contributed by atoms with Gasteiger partial charge < -0.3 is 15.7 Å². The number of likely N-dealkylation sites (N-methyl/N-ethyl adjacent to an activating group) is 1. The second kappa shape index (κ2) is 6.05. The van der Waals surface area contributed by atoms with Crippen LogP contribution in [0.5, 0.6) is 0 Å². The highest BCUT2D eigenvalue weighted by atomic mass is 16.4. The fourth-order valence-corrected chi connectivity index (χ4v) is 1.73. The van der Waals surface area contributed by atoms with Gasteiger partial charge in [-0.25, -0.2) is 0 Å². The smallest absolute Gasteiger partial charge is 0.305 e. The first kappa shape index (κ1) is 14.0. The number of nitrogens with two attached hydrogens (primary N) is 1. The molecule has 1 amide bonds.